The molecular formula is C22H29N3O4. The van der Waals surface area contributed by atoms with Crippen molar-refractivity contribution < 1.29 is 19.4 Å². The summed E-state index contributed by atoms with van der Waals surface area (Å²) in [5, 5.41) is 10.0. The van der Waals surface area contributed by atoms with Crippen LogP contribution in [0.3, 0.4) is 0 Å². The minimum absolute atomic E-state index is 0.0338. The molecule has 0 aliphatic carbocycles. The van der Waals surface area contributed by atoms with Crippen molar-refractivity contribution in [2.75, 3.05) is 38.2 Å². The molecule has 7 nitrogen and oxygen atoms in total. The second kappa shape index (κ2) is 9.22. The number of fused-ring (bicyclic) bond motifs is 1. The minimum Gasteiger partial charge on any atom is -0.480 e. The van der Waals surface area contributed by atoms with Crippen LogP contribution in [0.1, 0.15) is 42.1 Å². The van der Waals surface area contributed by atoms with Crippen LogP contribution in [0.2, 0.25) is 0 Å². The lowest BCUT2D eigenvalue weighted by Gasteiger charge is -2.27. The molecular weight excluding hydrogens is 370 g/mol. The maximum Gasteiger partial charge on any atom is 0.342 e. The van der Waals surface area contributed by atoms with Gasteiger partial charge >= 0.3 is 11.9 Å². The summed E-state index contributed by atoms with van der Waals surface area (Å²) < 4.78 is 5.34. The number of likely N-dealkylation sites (N-methyl/N-ethyl adjacent to an activating group) is 1. The zero-order valence-corrected chi connectivity index (χ0v) is 17.4. The molecule has 0 spiro atoms. The molecule has 0 amide bonds. The molecule has 0 radical (unpaired) electrons. The molecule has 156 valence electrons. The first kappa shape index (κ1) is 21.0. The molecule has 1 N–H and O–H groups in total. The highest BCUT2D eigenvalue weighted by atomic mass is 16.5. The van der Waals surface area contributed by atoms with E-state index in [0.29, 0.717) is 24.5 Å². The fraction of sp³-hybridized carbons (Fsp3) is 0.500. The van der Waals surface area contributed by atoms with Gasteiger partial charge in [-0.15, -0.1) is 0 Å². The summed E-state index contributed by atoms with van der Waals surface area (Å²) in [4.78, 5) is 32.7. The summed E-state index contributed by atoms with van der Waals surface area (Å²) in [6.07, 6.45) is 2.64. The first-order valence-corrected chi connectivity index (χ1v) is 10.2. The third kappa shape index (κ3) is 4.67. The number of nitrogens with zero attached hydrogens (tertiary/aromatic N) is 3. The largest absolute Gasteiger partial charge is 0.480 e. The predicted molar refractivity (Wildman–Crippen MR) is 113 cm³/mol. The fourth-order valence-corrected chi connectivity index (χ4v) is 4.11. The molecule has 0 bridgehead atoms. The van der Waals surface area contributed by atoms with E-state index in [2.05, 4.69) is 4.90 Å². The van der Waals surface area contributed by atoms with Crippen molar-refractivity contribution in [1.82, 2.24) is 9.88 Å². The van der Waals surface area contributed by atoms with E-state index in [0.717, 1.165) is 42.3 Å². The highest BCUT2D eigenvalue weighted by Crippen LogP contribution is 2.31. The maximum atomic E-state index is 12.8. The first-order chi connectivity index (χ1) is 13.9. The van der Waals surface area contributed by atoms with Crippen molar-refractivity contribution in [1.29, 1.82) is 0 Å². The van der Waals surface area contributed by atoms with E-state index in [4.69, 9.17) is 14.8 Å². The Morgan fingerprint density at radius 1 is 1.28 bits per heavy atom. The number of ether oxygens (including phenoxy) is 1. The highest BCUT2D eigenvalue weighted by Gasteiger charge is 2.27. The molecule has 3 rings (SSSR count). The molecule has 1 fully saturated rings. The molecule has 1 aromatic heterocycles. The number of carbonyl (C=O) groups excluding carboxylic acids is 1. The molecule has 1 unspecified atom stereocenters. The SMILES string of the molecule is CCOC(=O)c1c(N2CCCC(N(C)CC(=O)O)CC2)nc2ccccc2c1C. The van der Waals surface area contributed by atoms with E-state index in [1.54, 1.807) is 6.92 Å². The lowest BCUT2D eigenvalue weighted by Crippen LogP contribution is -2.36. The fourth-order valence-electron chi connectivity index (χ4n) is 4.11. The van der Waals surface area contributed by atoms with E-state index in [-0.39, 0.29) is 18.6 Å². The summed E-state index contributed by atoms with van der Waals surface area (Å²) in [6.45, 7) is 5.58. The number of rotatable bonds is 6. The molecule has 29 heavy (non-hydrogen) atoms. The minimum atomic E-state index is -0.815. The van der Waals surface area contributed by atoms with Crippen LogP contribution in [0, 0.1) is 6.92 Å². The van der Waals surface area contributed by atoms with Gasteiger partial charge in [-0.2, -0.15) is 0 Å². The Labute approximate surface area is 171 Å². The van der Waals surface area contributed by atoms with Gasteiger partial charge in [-0.3, -0.25) is 9.69 Å². The van der Waals surface area contributed by atoms with E-state index in [1.807, 2.05) is 43.1 Å². The van der Waals surface area contributed by atoms with Gasteiger partial charge in [-0.25, -0.2) is 9.78 Å². The average Bonchev–Trinajstić information content (AvgIpc) is 2.94. The molecule has 1 atom stereocenters. The van der Waals surface area contributed by atoms with Crippen LogP contribution in [-0.2, 0) is 9.53 Å². The van der Waals surface area contributed by atoms with Gasteiger partial charge in [0.2, 0.25) is 0 Å². The number of aryl methyl sites for hydroxylation is 1. The number of pyridine rings is 1. The Bertz CT molecular complexity index is 899. The summed E-state index contributed by atoms with van der Waals surface area (Å²) in [7, 11) is 1.86. The summed E-state index contributed by atoms with van der Waals surface area (Å²) >= 11 is 0. The Hall–Kier alpha value is -2.67. The average molecular weight is 399 g/mol. The third-order valence-electron chi connectivity index (χ3n) is 5.62. The third-order valence-corrected chi connectivity index (χ3v) is 5.62. The maximum absolute atomic E-state index is 12.8. The van der Waals surface area contributed by atoms with Gasteiger partial charge in [0.15, 0.2) is 0 Å². The van der Waals surface area contributed by atoms with Gasteiger partial charge < -0.3 is 14.7 Å². The molecule has 0 saturated carbocycles. The van der Waals surface area contributed by atoms with E-state index in [9.17, 15) is 9.59 Å². The number of aromatic nitrogens is 1. The van der Waals surface area contributed by atoms with Crippen molar-refractivity contribution in [2.24, 2.45) is 0 Å². The van der Waals surface area contributed by atoms with Crippen LogP contribution in [-0.4, -0.2) is 66.3 Å². The number of aliphatic carboxylic acids is 1. The van der Waals surface area contributed by atoms with Gasteiger partial charge in [0.1, 0.15) is 11.4 Å². The predicted octanol–water partition coefficient (Wildman–Crippen LogP) is 3.10. The summed E-state index contributed by atoms with van der Waals surface area (Å²) in [6, 6.07) is 8.03. The second-order valence-electron chi connectivity index (χ2n) is 7.55. The van der Waals surface area contributed by atoms with Crippen molar-refractivity contribution in [3.8, 4) is 0 Å². The van der Waals surface area contributed by atoms with Crippen molar-refractivity contribution in [2.45, 2.75) is 39.2 Å². The van der Waals surface area contributed by atoms with E-state index < -0.39 is 5.97 Å². The number of carbonyl (C=O) groups is 2. The Morgan fingerprint density at radius 3 is 2.76 bits per heavy atom. The number of benzene rings is 1. The van der Waals surface area contributed by atoms with Gasteiger partial charge in [-0.05, 0) is 51.8 Å². The van der Waals surface area contributed by atoms with Crippen LogP contribution in [0.4, 0.5) is 5.82 Å². The Kier molecular flexibility index (Phi) is 6.69. The number of hydrogen-bond donors (Lipinski definition) is 1. The Morgan fingerprint density at radius 2 is 2.03 bits per heavy atom. The number of carboxylic acids is 1. The van der Waals surface area contributed by atoms with Gasteiger partial charge in [-0.1, -0.05) is 18.2 Å². The number of hydrogen-bond acceptors (Lipinski definition) is 6. The lowest BCUT2D eigenvalue weighted by molar-refractivity contribution is -0.138. The number of para-hydroxylation sites is 1. The molecule has 1 saturated heterocycles. The van der Waals surface area contributed by atoms with Crippen molar-refractivity contribution in [3.05, 3.63) is 35.4 Å². The van der Waals surface area contributed by atoms with Gasteiger partial charge in [0, 0.05) is 24.5 Å². The van der Waals surface area contributed by atoms with Gasteiger partial charge in [0.05, 0.1) is 18.7 Å². The Balaban J connectivity index is 1.94. The molecule has 1 aliphatic rings. The summed E-state index contributed by atoms with van der Waals surface area (Å²) in [5.41, 5.74) is 2.27. The molecule has 2 heterocycles. The van der Waals surface area contributed by atoms with E-state index >= 15 is 0 Å². The smallest absolute Gasteiger partial charge is 0.342 e. The van der Waals surface area contributed by atoms with Crippen molar-refractivity contribution >= 4 is 28.7 Å². The van der Waals surface area contributed by atoms with Gasteiger partial charge in [0.25, 0.3) is 0 Å². The quantitative estimate of drug-likeness (QED) is 0.747. The highest BCUT2D eigenvalue weighted by molar-refractivity contribution is 6.02. The molecule has 1 aliphatic heterocycles. The standard InChI is InChI=1S/C22H29N3O4/c1-4-29-22(28)20-15(2)17-9-5-6-10-18(17)23-21(20)25-12-7-8-16(11-13-25)24(3)14-19(26)27/h5-6,9-10,16H,4,7-8,11-14H2,1-3H3,(H,26,27). The van der Waals surface area contributed by atoms with Crippen LogP contribution >= 0.6 is 0 Å². The number of esters is 1. The monoisotopic (exact) mass is 399 g/mol. The normalized spacial score (nSPS) is 17.4. The second-order valence-corrected chi connectivity index (χ2v) is 7.55. The molecule has 7 heteroatoms. The molecule has 1 aromatic carbocycles. The number of carboxylic acid groups (broad SMARTS) is 1. The topological polar surface area (TPSA) is 83.0 Å². The zero-order chi connectivity index (χ0) is 21.0. The lowest BCUT2D eigenvalue weighted by atomic mass is 10.0. The number of anilines is 1. The first-order valence-electron chi connectivity index (χ1n) is 10.2. The van der Waals surface area contributed by atoms with Crippen LogP contribution < -0.4 is 4.90 Å². The van der Waals surface area contributed by atoms with Crippen molar-refractivity contribution in [3.63, 3.8) is 0 Å². The summed E-state index contributed by atoms with van der Waals surface area (Å²) in [5.74, 6) is -0.492. The van der Waals surface area contributed by atoms with Crippen LogP contribution in [0.15, 0.2) is 24.3 Å². The van der Waals surface area contributed by atoms with E-state index in [1.165, 1.54) is 0 Å². The zero-order valence-electron chi connectivity index (χ0n) is 17.4. The molecule has 2 aromatic rings. The van der Waals surface area contributed by atoms with Crippen LogP contribution in [0.5, 0.6) is 0 Å². The van der Waals surface area contributed by atoms with Crippen LogP contribution in [0.25, 0.3) is 10.9 Å².